The average molecular weight is 257 g/mol. The van der Waals surface area contributed by atoms with Crippen molar-refractivity contribution in [3.8, 4) is 5.75 Å². The molecule has 2 rings (SSSR count). The monoisotopic (exact) mass is 256 g/mol. The van der Waals surface area contributed by atoms with Gasteiger partial charge in [0, 0.05) is 6.04 Å². The molecule has 0 unspecified atom stereocenters. The molecule has 17 heavy (non-hydrogen) atoms. The second-order valence-corrected chi connectivity index (χ2v) is 4.39. The van der Waals surface area contributed by atoms with Crippen LogP contribution >= 0.6 is 12.4 Å². The second kappa shape index (κ2) is 6.84. The Hall–Kier alpha value is -0.770. The Kier molecular flexibility index (Phi) is 5.75. The Morgan fingerprint density at radius 3 is 2.71 bits per heavy atom. The normalized spacial score (nSPS) is 18.2. The minimum atomic E-state index is 0. The van der Waals surface area contributed by atoms with E-state index in [4.69, 9.17) is 10.5 Å². The maximum absolute atomic E-state index is 6.31. The molecule has 1 fully saturated rings. The number of piperidine rings is 1. The molecule has 96 valence electrons. The molecular formula is C13H21ClN2O. The van der Waals surface area contributed by atoms with Gasteiger partial charge in [-0.2, -0.15) is 0 Å². The van der Waals surface area contributed by atoms with Crippen molar-refractivity contribution in [3.63, 3.8) is 0 Å². The third-order valence-electron chi connectivity index (χ3n) is 3.37. The van der Waals surface area contributed by atoms with Crippen molar-refractivity contribution in [2.45, 2.75) is 18.9 Å². The predicted molar refractivity (Wildman–Crippen MR) is 72.8 cm³/mol. The predicted octanol–water partition coefficient (Wildman–Crippen LogP) is 2.12. The van der Waals surface area contributed by atoms with E-state index in [9.17, 15) is 0 Å². The van der Waals surface area contributed by atoms with Gasteiger partial charge in [-0.05, 0) is 49.5 Å². The summed E-state index contributed by atoms with van der Waals surface area (Å²) in [6.45, 7) is 2.17. The first kappa shape index (κ1) is 14.3. The fraction of sp³-hybridized carbons (Fsp3) is 0.538. The average Bonchev–Trinajstić information content (AvgIpc) is 2.39. The highest BCUT2D eigenvalue weighted by Crippen LogP contribution is 2.28. The summed E-state index contributed by atoms with van der Waals surface area (Å²) in [6.07, 6.45) is 2.33. The first-order valence-electron chi connectivity index (χ1n) is 5.91. The van der Waals surface area contributed by atoms with Gasteiger partial charge in [-0.15, -0.1) is 12.4 Å². The molecule has 1 heterocycles. The Balaban J connectivity index is 0.00000144. The molecule has 4 heteroatoms. The lowest BCUT2D eigenvalue weighted by Gasteiger charge is -2.28. The van der Waals surface area contributed by atoms with Crippen LogP contribution in [-0.2, 0) is 0 Å². The van der Waals surface area contributed by atoms with Gasteiger partial charge in [0.25, 0.3) is 0 Å². The van der Waals surface area contributed by atoms with Crippen molar-refractivity contribution in [2.24, 2.45) is 11.7 Å². The molecular weight excluding hydrogens is 236 g/mol. The van der Waals surface area contributed by atoms with Crippen molar-refractivity contribution in [3.05, 3.63) is 29.8 Å². The largest absolute Gasteiger partial charge is 0.497 e. The van der Waals surface area contributed by atoms with Crippen LogP contribution in [0.15, 0.2) is 24.3 Å². The van der Waals surface area contributed by atoms with Crippen LogP contribution in [-0.4, -0.2) is 20.2 Å². The zero-order chi connectivity index (χ0) is 11.4. The van der Waals surface area contributed by atoms with Gasteiger partial charge in [-0.3, -0.25) is 0 Å². The van der Waals surface area contributed by atoms with E-state index >= 15 is 0 Å². The summed E-state index contributed by atoms with van der Waals surface area (Å²) in [5.41, 5.74) is 7.50. The maximum atomic E-state index is 6.31. The molecule has 3 nitrogen and oxygen atoms in total. The van der Waals surface area contributed by atoms with E-state index in [1.54, 1.807) is 7.11 Å². The van der Waals surface area contributed by atoms with Crippen LogP contribution in [0.5, 0.6) is 5.75 Å². The lowest BCUT2D eigenvalue weighted by atomic mass is 9.86. The highest BCUT2D eigenvalue weighted by molar-refractivity contribution is 5.85. The van der Waals surface area contributed by atoms with Gasteiger partial charge >= 0.3 is 0 Å². The molecule has 0 aromatic heterocycles. The Morgan fingerprint density at radius 1 is 1.35 bits per heavy atom. The van der Waals surface area contributed by atoms with E-state index in [-0.39, 0.29) is 18.4 Å². The minimum Gasteiger partial charge on any atom is -0.497 e. The topological polar surface area (TPSA) is 47.3 Å². The standard InChI is InChI=1S/C13H20N2O.ClH/c1-16-12-4-2-3-11(9-12)13(14)10-5-7-15-8-6-10;/h2-4,9-10,13,15H,5-8,14H2,1H3;1H/t13-;/m1./s1. The Bertz CT molecular complexity index is 340. The van der Waals surface area contributed by atoms with Crippen LogP contribution in [0.1, 0.15) is 24.4 Å². The van der Waals surface area contributed by atoms with Crippen LogP contribution in [0.2, 0.25) is 0 Å². The highest BCUT2D eigenvalue weighted by atomic mass is 35.5. The van der Waals surface area contributed by atoms with Crippen molar-refractivity contribution in [2.75, 3.05) is 20.2 Å². The van der Waals surface area contributed by atoms with Gasteiger partial charge in [0.15, 0.2) is 0 Å². The summed E-state index contributed by atoms with van der Waals surface area (Å²) in [7, 11) is 1.69. The van der Waals surface area contributed by atoms with E-state index in [0.717, 1.165) is 18.8 Å². The van der Waals surface area contributed by atoms with Gasteiger partial charge in [-0.1, -0.05) is 12.1 Å². The quantitative estimate of drug-likeness (QED) is 0.871. The number of methoxy groups -OCH3 is 1. The van der Waals surface area contributed by atoms with Gasteiger partial charge in [0.1, 0.15) is 5.75 Å². The molecule has 1 aromatic rings. The van der Waals surface area contributed by atoms with Crippen molar-refractivity contribution < 1.29 is 4.74 Å². The number of hydrogen-bond donors (Lipinski definition) is 2. The third-order valence-corrected chi connectivity index (χ3v) is 3.37. The number of ether oxygens (including phenoxy) is 1. The second-order valence-electron chi connectivity index (χ2n) is 4.39. The van der Waals surface area contributed by atoms with Gasteiger partial charge in [0.05, 0.1) is 7.11 Å². The molecule has 1 aromatic carbocycles. The molecule has 0 bridgehead atoms. The molecule has 1 atom stereocenters. The zero-order valence-corrected chi connectivity index (χ0v) is 11.0. The summed E-state index contributed by atoms with van der Waals surface area (Å²) < 4.78 is 5.22. The lowest BCUT2D eigenvalue weighted by molar-refractivity contribution is 0.321. The Labute approximate surface area is 109 Å². The molecule has 1 saturated heterocycles. The fourth-order valence-corrected chi connectivity index (χ4v) is 2.32. The highest BCUT2D eigenvalue weighted by Gasteiger charge is 2.21. The maximum Gasteiger partial charge on any atom is 0.119 e. The number of halogens is 1. The zero-order valence-electron chi connectivity index (χ0n) is 10.2. The number of nitrogens with one attached hydrogen (secondary N) is 1. The molecule has 0 saturated carbocycles. The van der Waals surface area contributed by atoms with Crippen LogP contribution in [0.4, 0.5) is 0 Å². The number of benzene rings is 1. The summed E-state index contributed by atoms with van der Waals surface area (Å²) >= 11 is 0. The van der Waals surface area contributed by atoms with Gasteiger partial charge in [-0.25, -0.2) is 0 Å². The van der Waals surface area contributed by atoms with E-state index in [1.165, 1.54) is 18.4 Å². The molecule has 0 spiro atoms. The van der Waals surface area contributed by atoms with Crippen LogP contribution in [0.3, 0.4) is 0 Å². The summed E-state index contributed by atoms with van der Waals surface area (Å²) in [5.74, 6) is 1.48. The van der Waals surface area contributed by atoms with E-state index < -0.39 is 0 Å². The number of hydrogen-bond acceptors (Lipinski definition) is 3. The minimum absolute atomic E-state index is 0. The number of nitrogens with two attached hydrogens (primary N) is 1. The molecule has 1 aliphatic heterocycles. The Morgan fingerprint density at radius 2 is 2.06 bits per heavy atom. The van der Waals surface area contributed by atoms with Crippen molar-refractivity contribution in [1.82, 2.24) is 5.32 Å². The summed E-state index contributed by atoms with van der Waals surface area (Å²) in [4.78, 5) is 0. The third kappa shape index (κ3) is 3.60. The first-order valence-corrected chi connectivity index (χ1v) is 5.91. The molecule has 1 aliphatic rings. The van der Waals surface area contributed by atoms with Crippen LogP contribution < -0.4 is 15.8 Å². The van der Waals surface area contributed by atoms with Gasteiger partial charge < -0.3 is 15.8 Å². The smallest absolute Gasteiger partial charge is 0.119 e. The molecule has 3 N–H and O–H groups in total. The van der Waals surface area contributed by atoms with Crippen LogP contribution in [0.25, 0.3) is 0 Å². The number of rotatable bonds is 3. The van der Waals surface area contributed by atoms with E-state index in [1.807, 2.05) is 18.2 Å². The van der Waals surface area contributed by atoms with Crippen LogP contribution in [0, 0.1) is 5.92 Å². The van der Waals surface area contributed by atoms with Crippen molar-refractivity contribution in [1.29, 1.82) is 0 Å². The summed E-state index contributed by atoms with van der Waals surface area (Å²) in [5, 5.41) is 3.36. The fourth-order valence-electron chi connectivity index (χ4n) is 2.32. The van der Waals surface area contributed by atoms with E-state index in [0.29, 0.717) is 5.92 Å². The molecule has 0 radical (unpaired) electrons. The first-order chi connectivity index (χ1) is 7.81. The SMILES string of the molecule is COc1cccc([C@H](N)C2CCNCC2)c1.Cl. The molecule has 0 amide bonds. The van der Waals surface area contributed by atoms with E-state index in [2.05, 4.69) is 11.4 Å². The summed E-state index contributed by atoms with van der Waals surface area (Å²) in [6, 6.07) is 8.24. The van der Waals surface area contributed by atoms with Gasteiger partial charge in [0.2, 0.25) is 0 Å². The lowest BCUT2D eigenvalue weighted by Crippen LogP contribution is -2.33. The van der Waals surface area contributed by atoms with Crippen molar-refractivity contribution >= 4 is 12.4 Å². The molecule has 0 aliphatic carbocycles.